The molecule has 0 saturated carbocycles. The number of piperidine rings is 1. The minimum Gasteiger partial charge on any atom is -0.354 e. The second kappa shape index (κ2) is 18.3. The van der Waals surface area contributed by atoms with Crippen LogP contribution in [0.5, 0.6) is 0 Å². The molecule has 1 saturated heterocycles. The number of nitrogens with one attached hydrogen (secondary N) is 4. The number of carbonyl (C=O) groups is 6. The minimum atomic E-state index is -0.982. The molecule has 12 heteroatoms. The van der Waals surface area contributed by atoms with Crippen LogP contribution in [0.25, 0.3) is 0 Å². The van der Waals surface area contributed by atoms with E-state index in [0.29, 0.717) is 70.4 Å². The van der Waals surface area contributed by atoms with Crippen LogP contribution >= 0.6 is 0 Å². The lowest BCUT2D eigenvalue weighted by atomic mass is 9.94. The molecular formula is C38H52N6O6. The maximum Gasteiger partial charge on any atom is 0.251 e. The van der Waals surface area contributed by atoms with E-state index < -0.39 is 35.8 Å². The lowest BCUT2D eigenvalue weighted by Gasteiger charge is -2.34. The van der Waals surface area contributed by atoms with Crippen molar-refractivity contribution in [2.45, 2.75) is 90.9 Å². The number of likely N-dealkylation sites (tertiary alicyclic amines) is 1. The molecule has 2 aromatic carbocycles. The molecule has 3 atom stereocenters. The Labute approximate surface area is 295 Å². The van der Waals surface area contributed by atoms with Gasteiger partial charge >= 0.3 is 0 Å². The zero-order valence-corrected chi connectivity index (χ0v) is 29.7. The van der Waals surface area contributed by atoms with Crippen molar-refractivity contribution >= 4 is 35.4 Å². The maximum absolute atomic E-state index is 13.8. The largest absolute Gasteiger partial charge is 0.354 e. The van der Waals surface area contributed by atoms with Crippen molar-refractivity contribution in [3.05, 3.63) is 71.3 Å². The number of hydrogen-bond acceptors (Lipinski definition) is 6. The second-order valence-corrected chi connectivity index (χ2v) is 13.9. The molecule has 3 aliphatic rings. The lowest BCUT2D eigenvalue weighted by molar-refractivity contribution is -0.140. The van der Waals surface area contributed by atoms with E-state index in [2.05, 4.69) is 21.3 Å². The van der Waals surface area contributed by atoms with Crippen LogP contribution in [0.15, 0.2) is 54.6 Å². The van der Waals surface area contributed by atoms with Crippen molar-refractivity contribution in [2.75, 3.05) is 26.2 Å². The summed E-state index contributed by atoms with van der Waals surface area (Å²) in [5, 5.41) is 11.3. The molecule has 0 aromatic heterocycles. The topological polar surface area (TPSA) is 157 Å². The molecule has 5 rings (SSSR count). The molecule has 4 N–H and O–H groups in total. The van der Waals surface area contributed by atoms with Gasteiger partial charge in [-0.1, -0.05) is 56.3 Å². The van der Waals surface area contributed by atoms with Crippen LogP contribution in [0.4, 0.5) is 0 Å². The average Bonchev–Trinajstić information content (AvgIpc) is 3.10. The summed E-state index contributed by atoms with van der Waals surface area (Å²) in [5.74, 6) is -1.88. The molecule has 3 aliphatic heterocycles. The molecule has 2 aromatic rings. The van der Waals surface area contributed by atoms with E-state index in [1.165, 1.54) is 0 Å². The third-order valence-electron chi connectivity index (χ3n) is 9.34. The molecule has 0 radical (unpaired) electrons. The fourth-order valence-electron chi connectivity index (χ4n) is 6.40. The summed E-state index contributed by atoms with van der Waals surface area (Å²) in [4.78, 5) is 82.8. The van der Waals surface area contributed by atoms with Crippen LogP contribution in [0.1, 0.15) is 81.3 Å². The molecule has 12 nitrogen and oxygen atoms in total. The number of benzene rings is 2. The summed E-state index contributed by atoms with van der Waals surface area (Å²) in [6.07, 6.45) is 3.00. The highest BCUT2D eigenvalue weighted by Gasteiger charge is 2.31. The average molecular weight is 689 g/mol. The summed E-state index contributed by atoms with van der Waals surface area (Å²) in [6, 6.07) is 13.6. The molecule has 2 bridgehead atoms. The molecular weight excluding hydrogens is 636 g/mol. The molecule has 0 aliphatic carbocycles. The first-order valence-corrected chi connectivity index (χ1v) is 17.8. The van der Waals surface area contributed by atoms with E-state index in [-0.39, 0.29) is 36.0 Å². The Morgan fingerprint density at radius 3 is 2.08 bits per heavy atom. The number of carbonyl (C=O) groups excluding carboxylic acids is 6. The number of nitrogens with zero attached hydrogens (tertiary/aromatic N) is 2. The Morgan fingerprint density at radius 2 is 1.44 bits per heavy atom. The predicted octanol–water partition coefficient (Wildman–Crippen LogP) is 2.56. The first-order chi connectivity index (χ1) is 23.9. The molecule has 0 unspecified atom stereocenters. The van der Waals surface area contributed by atoms with Gasteiger partial charge in [-0.3, -0.25) is 28.8 Å². The van der Waals surface area contributed by atoms with Crippen molar-refractivity contribution < 1.29 is 28.8 Å². The lowest BCUT2D eigenvalue weighted by Crippen LogP contribution is -2.57. The molecule has 1 fully saturated rings. The van der Waals surface area contributed by atoms with Gasteiger partial charge in [0.15, 0.2) is 0 Å². The molecule has 50 heavy (non-hydrogen) atoms. The monoisotopic (exact) mass is 688 g/mol. The first-order valence-electron chi connectivity index (χ1n) is 17.8. The van der Waals surface area contributed by atoms with Crippen molar-refractivity contribution in [1.82, 2.24) is 31.1 Å². The zero-order chi connectivity index (χ0) is 36.2. The van der Waals surface area contributed by atoms with Crippen LogP contribution in [-0.4, -0.2) is 89.5 Å². The van der Waals surface area contributed by atoms with Crippen molar-refractivity contribution in [3.63, 3.8) is 0 Å². The number of hydrogen-bond donors (Lipinski definition) is 4. The van der Waals surface area contributed by atoms with Crippen LogP contribution < -0.4 is 21.3 Å². The number of amides is 6. The van der Waals surface area contributed by atoms with Gasteiger partial charge in [0.2, 0.25) is 29.5 Å². The second-order valence-electron chi connectivity index (χ2n) is 13.9. The highest BCUT2D eigenvalue weighted by atomic mass is 16.2. The SMILES string of the molecule is CC(=O)N1CCC(C(=O)N2CCCCNC(=O)[C@@H](C)NC(=O)[C@H](CC(C)C)NC(=O)[C@@H](Cc3ccccc3)NC(=O)c3ccc(cc3)C2)CC1. The van der Waals surface area contributed by atoms with Crippen molar-refractivity contribution in [2.24, 2.45) is 11.8 Å². The summed E-state index contributed by atoms with van der Waals surface area (Å²) in [7, 11) is 0. The highest BCUT2D eigenvalue weighted by molar-refractivity contribution is 5.99. The van der Waals surface area contributed by atoms with Gasteiger partial charge in [-0.15, -0.1) is 0 Å². The van der Waals surface area contributed by atoms with Crippen LogP contribution in [-0.2, 0) is 36.9 Å². The third-order valence-corrected chi connectivity index (χ3v) is 9.34. The van der Waals surface area contributed by atoms with Gasteiger partial charge in [-0.2, -0.15) is 0 Å². The first kappa shape index (κ1) is 38.1. The molecule has 6 amide bonds. The summed E-state index contributed by atoms with van der Waals surface area (Å²) < 4.78 is 0. The summed E-state index contributed by atoms with van der Waals surface area (Å²) in [5.41, 5.74) is 2.04. The van der Waals surface area contributed by atoms with Crippen LogP contribution in [0.3, 0.4) is 0 Å². The Hall–Kier alpha value is -4.74. The molecule has 270 valence electrons. The van der Waals surface area contributed by atoms with Crippen molar-refractivity contribution in [1.29, 1.82) is 0 Å². The van der Waals surface area contributed by atoms with Gasteiger partial charge in [0, 0.05) is 57.5 Å². The standard InChI is InChI=1S/C38H52N6O6/c1-25(2)22-32-36(48)40-26(3)34(46)39-18-8-9-19-44(38(50)31-16-20-43(21-17-31)27(4)45)24-29-12-14-30(15-13-29)35(47)41-33(37(49)42-32)23-28-10-6-5-7-11-28/h5-7,10-15,25-26,31-33H,8-9,16-24H2,1-4H3,(H,39,46)(H,40,48)(H,41,47)(H,42,49)/t26-,32+,33-/m1/s1. The maximum atomic E-state index is 13.8. The Morgan fingerprint density at radius 1 is 0.780 bits per heavy atom. The van der Waals surface area contributed by atoms with Gasteiger partial charge in [-0.05, 0) is 68.2 Å². The summed E-state index contributed by atoms with van der Waals surface area (Å²) >= 11 is 0. The van der Waals surface area contributed by atoms with E-state index in [1.54, 1.807) is 30.9 Å². The fourth-order valence-corrected chi connectivity index (χ4v) is 6.40. The highest BCUT2D eigenvalue weighted by Crippen LogP contribution is 2.22. The van der Waals surface area contributed by atoms with Crippen LogP contribution in [0, 0.1) is 11.8 Å². The van der Waals surface area contributed by atoms with Gasteiger partial charge in [0.25, 0.3) is 5.91 Å². The number of rotatable bonds is 5. The van der Waals surface area contributed by atoms with Crippen LogP contribution in [0.2, 0.25) is 0 Å². The van der Waals surface area contributed by atoms with Gasteiger partial charge in [0.1, 0.15) is 18.1 Å². The quantitative estimate of drug-likeness (QED) is 0.354. The molecule has 3 heterocycles. The molecule has 0 spiro atoms. The smallest absolute Gasteiger partial charge is 0.251 e. The predicted molar refractivity (Wildman–Crippen MR) is 189 cm³/mol. The Balaban J connectivity index is 1.58. The summed E-state index contributed by atoms with van der Waals surface area (Å²) in [6.45, 7) is 9.30. The minimum absolute atomic E-state index is 0.0109. The van der Waals surface area contributed by atoms with E-state index in [9.17, 15) is 28.8 Å². The van der Waals surface area contributed by atoms with E-state index in [1.807, 2.05) is 61.2 Å². The zero-order valence-electron chi connectivity index (χ0n) is 29.7. The van der Waals surface area contributed by atoms with Gasteiger partial charge in [0.05, 0.1) is 0 Å². The van der Waals surface area contributed by atoms with E-state index >= 15 is 0 Å². The third kappa shape index (κ3) is 11.1. The van der Waals surface area contributed by atoms with Crippen molar-refractivity contribution in [3.8, 4) is 0 Å². The van der Waals surface area contributed by atoms with E-state index in [4.69, 9.17) is 0 Å². The normalized spacial score (nSPS) is 22.2. The van der Waals surface area contributed by atoms with Gasteiger partial charge < -0.3 is 31.1 Å². The van der Waals surface area contributed by atoms with Gasteiger partial charge in [-0.25, -0.2) is 0 Å². The number of fused-ring (bicyclic) bond motifs is 18. The fraction of sp³-hybridized carbons (Fsp3) is 0.526. The van der Waals surface area contributed by atoms with E-state index in [0.717, 1.165) is 11.1 Å². The Bertz CT molecular complexity index is 1490. The Kier molecular flexibility index (Phi) is 13.9.